The molecule has 17 heavy (non-hydrogen) atoms. The first-order valence-electron chi connectivity index (χ1n) is 6.52. The van der Waals surface area contributed by atoms with Crippen LogP contribution in [0.2, 0.25) is 0 Å². The van der Waals surface area contributed by atoms with E-state index < -0.39 is 0 Å². The predicted molar refractivity (Wildman–Crippen MR) is 71.2 cm³/mol. The molecule has 1 unspecified atom stereocenters. The molecule has 0 aliphatic carbocycles. The maximum atomic E-state index is 6.55. The molecule has 2 nitrogen and oxygen atoms in total. The summed E-state index contributed by atoms with van der Waals surface area (Å²) in [5.41, 5.74) is 10.6. The highest BCUT2D eigenvalue weighted by Crippen LogP contribution is 2.26. The van der Waals surface area contributed by atoms with Gasteiger partial charge in [-0.15, -0.1) is 0 Å². The van der Waals surface area contributed by atoms with Crippen molar-refractivity contribution in [3.05, 3.63) is 34.9 Å². The molecule has 1 aliphatic heterocycles. The Morgan fingerprint density at radius 3 is 2.59 bits per heavy atom. The summed E-state index contributed by atoms with van der Waals surface area (Å²) < 4.78 is 5.51. The topological polar surface area (TPSA) is 35.2 Å². The van der Waals surface area contributed by atoms with Gasteiger partial charge in [-0.25, -0.2) is 0 Å². The highest BCUT2D eigenvalue weighted by Gasteiger charge is 2.27. The fourth-order valence-corrected chi connectivity index (χ4v) is 2.69. The van der Waals surface area contributed by atoms with Crippen LogP contribution in [0.5, 0.6) is 0 Å². The van der Waals surface area contributed by atoms with Crippen LogP contribution in [0.3, 0.4) is 0 Å². The van der Waals surface area contributed by atoms with E-state index in [2.05, 4.69) is 32.0 Å². The second kappa shape index (κ2) is 5.19. The first-order chi connectivity index (χ1) is 8.11. The normalized spacial score (nSPS) is 25.6. The van der Waals surface area contributed by atoms with Crippen molar-refractivity contribution in [2.75, 3.05) is 13.2 Å². The molecule has 1 saturated heterocycles. The van der Waals surface area contributed by atoms with E-state index in [1.54, 1.807) is 0 Å². The third-order valence-corrected chi connectivity index (χ3v) is 3.88. The number of aryl methyl sites for hydroxylation is 2. The molecule has 1 atom stereocenters. The summed E-state index contributed by atoms with van der Waals surface area (Å²) in [5, 5.41) is 0. The Hall–Kier alpha value is -0.860. The van der Waals surface area contributed by atoms with Crippen LogP contribution in [-0.2, 0) is 11.2 Å². The first-order valence-corrected chi connectivity index (χ1v) is 6.52. The van der Waals surface area contributed by atoms with Gasteiger partial charge in [-0.1, -0.05) is 18.2 Å². The maximum absolute atomic E-state index is 6.55. The quantitative estimate of drug-likeness (QED) is 0.852. The van der Waals surface area contributed by atoms with E-state index in [4.69, 9.17) is 10.5 Å². The molecule has 0 aromatic heterocycles. The minimum Gasteiger partial charge on any atom is -0.381 e. The van der Waals surface area contributed by atoms with Crippen molar-refractivity contribution in [1.29, 1.82) is 0 Å². The zero-order chi connectivity index (χ0) is 12.3. The molecule has 1 heterocycles. The van der Waals surface area contributed by atoms with E-state index in [0.717, 1.165) is 38.9 Å². The lowest BCUT2D eigenvalue weighted by atomic mass is 9.82. The van der Waals surface area contributed by atoms with Crippen LogP contribution >= 0.6 is 0 Å². The fraction of sp³-hybridized carbons (Fsp3) is 0.600. The molecule has 0 amide bonds. The molecule has 1 fully saturated rings. The van der Waals surface area contributed by atoms with Gasteiger partial charge in [0.2, 0.25) is 0 Å². The van der Waals surface area contributed by atoms with Crippen LogP contribution in [0.4, 0.5) is 0 Å². The molecule has 2 rings (SSSR count). The van der Waals surface area contributed by atoms with Crippen LogP contribution in [0.15, 0.2) is 18.2 Å². The van der Waals surface area contributed by atoms with Crippen molar-refractivity contribution in [1.82, 2.24) is 0 Å². The summed E-state index contributed by atoms with van der Waals surface area (Å²) in [5.74, 6) is 0. The molecular formula is C15H23NO. The summed E-state index contributed by atoms with van der Waals surface area (Å²) >= 11 is 0. The molecule has 1 aromatic carbocycles. The molecule has 0 saturated carbocycles. The smallest absolute Gasteiger partial charge is 0.0483 e. The van der Waals surface area contributed by atoms with E-state index in [0.29, 0.717) is 0 Å². The number of hydrogen-bond donors (Lipinski definition) is 1. The highest BCUT2D eigenvalue weighted by atomic mass is 16.5. The van der Waals surface area contributed by atoms with Gasteiger partial charge in [-0.2, -0.15) is 0 Å². The standard InChI is InChI=1S/C15H23NO/c1-12-5-3-6-13(2)14(12)11-15(16)7-4-9-17-10-8-15/h3,5-6H,4,7-11,16H2,1-2H3. The summed E-state index contributed by atoms with van der Waals surface area (Å²) in [7, 11) is 0. The third-order valence-electron chi connectivity index (χ3n) is 3.88. The molecule has 2 heteroatoms. The summed E-state index contributed by atoms with van der Waals surface area (Å²) in [6, 6.07) is 6.48. The third kappa shape index (κ3) is 3.08. The Morgan fingerprint density at radius 2 is 1.88 bits per heavy atom. The lowest BCUT2D eigenvalue weighted by Gasteiger charge is -2.29. The van der Waals surface area contributed by atoms with Crippen LogP contribution in [0.1, 0.15) is 36.0 Å². The number of rotatable bonds is 2. The minimum absolute atomic E-state index is 0.0760. The van der Waals surface area contributed by atoms with Crippen LogP contribution in [0, 0.1) is 13.8 Å². The zero-order valence-corrected chi connectivity index (χ0v) is 11.0. The first kappa shape index (κ1) is 12.6. The second-order valence-electron chi connectivity index (χ2n) is 5.38. The van der Waals surface area contributed by atoms with E-state index in [1.807, 2.05) is 0 Å². The Kier molecular flexibility index (Phi) is 3.85. The zero-order valence-electron chi connectivity index (χ0n) is 11.0. The van der Waals surface area contributed by atoms with Crippen molar-refractivity contribution < 1.29 is 4.74 Å². The van der Waals surface area contributed by atoms with Crippen molar-refractivity contribution >= 4 is 0 Å². The van der Waals surface area contributed by atoms with Crippen LogP contribution in [-0.4, -0.2) is 18.8 Å². The highest BCUT2D eigenvalue weighted by molar-refractivity contribution is 5.35. The Morgan fingerprint density at radius 1 is 1.18 bits per heavy atom. The van der Waals surface area contributed by atoms with Gasteiger partial charge in [0.05, 0.1) is 0 Å². The van der Waals surface area contributed by atoms with Gasteiger partial charge in [-0.05, 0) is 56.2 Å². The predicted octanol–water partition coefficient (Wildman–Crippen LogP) is 2.74. The van der Waals surface area contributed by atoms with Crippen molar-refractivity contribution in [3.8, 4) is 0 Å². The van der Waals surface area contributed by atoms with Crippen LogP contribution < -0.4 is 5.73 Å². The Balaban J connectivity index is 2.18. The maximum Gasteiger partial charge on any atom is 0.0483 e. The van der Waals surface area contributed by atoms with Crippen molar-refractivity contribution in [2.45, 2.75) is 45.1 Å². The van der Waals surface area contributed by atoms with Gasteiger partial charge in [0.15, 0.2) is 0 Å². The second-order valence-corrected chi connectivity index (χ2v) is 5.38. The summed E-state index contributed by atoms with van der Waals surface area (Å²) in [4.78, 5) is 0. The largest absolute Gasteiger partial charge is 0.381 e. The number of ether oxygens (including phenoxy) is 1. The monoisotopic (exact) mass is 233 g/mol. The molecule has 0 bridgehead atoms. The molecular weight excluding hydrogens is 210 g/mol. The molecule has 0 spiro atoms. The average Bonchev–Trinajstić information content (AvgIpc) is 2.49. The molecule has 0 radical (unpaired) electrons. The van der Waals surface area contributed by atoms with Crippen LogP contribution in [0.25, 0.3) is 0 Å². The van der Waals surface area contributed by atoms with E-state index in [9.17, 15) is 0 Å². The van der Waals surface area contributed by atoms with Gasteiger partial charge >= 0.3 is 0 Å². The average molecular weight is 233 g/mol. The Labute approximate surface area is 104 Å². The molecule has 1 aliphatic rings. The van der Waals surface area contributed by atoms with Crippen molar-refractivity contribution in [3.63, 3.8) is 0 Å². The Bertz CT molecular complexity index is 358. The van der Waals surface area contributed by atoms with Gasteiger partial charge < -0.3 is 10.5 Å². The number of hydrogen-bond acceptors (Lipinski definition) is 2. The lowest BCUT2D eigenvalue weighted by molar-refractivity contribution is 0.139. The van der Waals surface area contributed by atoms with E-state index >= 15 is 0 Å². The van der Waals surface area contributed by atoms with Gasteiger partial charge in [0.25, 0.3) is 0 Å². The summed E-state index contributed by atoms with van der Waals surface area (Å²) in [6.45, 7) is 6.03. The number of nitrogens with two attached hydrogens (primary N) is 1. The van der Waals surface area contributed by atoms with Gasteiger partial charge in [0, 0.05) is 18.8 Å². The lowest BCUT2D eigenvalue weighted by Crippen LogP contribution is -2.42. The number of benzene rings is 1. The minimum atomic E-state index is -0.0760. The molecule has 94 valence electrons. The van der Waals surface area contributed by atoms with Gasteiger partial charge in [-0.3, -0.25) is 0 Å². The SMILES string of the molecule is Cc1cccc(C)c1CC1(N)CCCOCC1. The van der Waals surface area contributed by atoms with Gasteiger partial charge in [0.1, 0.15) is 0 Å². The van der Waals surface area contributed by atoms with E-state index in [-0.39, 0.29) is 5.54 Å². The molecule has 1 aromatic rings. The fourth-order valence-electron chi connectivity index (χ4n) is 2.69. The molecule has 2 N–H and O–H groups in total. The van der Waals surface area contributed by atoms with E-state index in [1.165, 1.54) is 16.7 Å². The summed E-state index contributed by atoms with van der Waals surface area (Å²) in [6.07, 6.45) is 4.11. The van der Waals surface area contributed by atoms with Crippen molar-refractivity contribution in [2.24, 2.45) is 5.73 Å².